The highest BCUT2D eigenvalue weighted by molar-refractivity contribution is 5.85. The molecule has 0 bridgehead atoms. The first-order chi connectivity index (χ1) is 9.29. The van der Waals surface area contributed by atoms with Gasteiger partial charge in [0.25, 0.3) is 0 Å². The Kier molecular flexibility index (Phi) is 8.12. The summed E-state index contributed by atoms with van der Waals surface area (Å²) in [6.45, 7) is 2.17. The number of carbonyl (C=O) groups is 1. The fourth-order valence-corrected chi connectivity index (χ4v) is 1.46. The number of hydrogen-bond acceptors (Lipinski definition) is 3. The van der Waals surface area contributed by atoms with Crippen molar-refractivity contribution in [2.45, 2.75) is 25.6 Å². The van der Waals surface area contributed by atoms with Crippen LogP contribution in [0.25, 0.3) is 0 Å². The minimum Gasteiger partial charge on any atom is -0.492 e. The van der Waals surface area contributed by atoms with Crippen molar-refractivity contribution in [2.24, 2.45) is 5.73 Å². The molecule has 0 aliphatic carbocycles. The van der Waals surface area contributed by atoms with Gasteiger partial charge in [-0.3, -0.25) is 4.79 Å². The molecule has 0 spiro atoms. The topological polar surface area (TPSA) is 64.4 Å². The zero-order valence-corrected chi connectivity index (χ0v) is 12.3. The number of benzene rings is 1. The van der Waals surface area contributed by atoms with Crippen molar-refractivity contribution < 1.29 is 22.7 Å². The van der Waals surface area contributed by atoms with Crippen molar-refractivity contribution in [1.82, 2.24) is 5.32 Å². The van der Waals surface area contributed by atoms with Gasteiger partial charge in [0.05, 0.1) is 12.1 Å². The first-order valence-electron chi connectivity index (χ1n) is 6.11. The highest BCUT2D eigenvalue weighted by atomic mass is 35.5. The molecule has 1 aromatic rings. The monoisotopic (exact) mass is 326 g/mol. The van der Waals surface area contributed by atoms with Crippen molar-refractivity contribution >= 4 is 18.3 Å². The molecule has 21 heavy (non-hydrogen) atoms. The maximum absolute atomic E-state index is 12.3. The second-order valence-electron chi connectivity index (χ2n) is 4.40. The van der Waals surface area contributed by atoms with Crippen LogP contribution < -0.4 is 15.8 Å². The summed E-state index contributed by atoms with van der Waals surface area (Å²) >= 11 is 0. The van der Waals surface area contributed by atoms with E-state index in [1.807, 2.05) is 0 Å². The molecule has 120 valence electrons. The van der Waals surface area contributed by atoms with Crippen LogP contribution >= 0.6 is 12.4 Å². The normalized spacial score (nSPS) is 12.2. The largest absolute Gasteiger partial charge is 0.492 e. The number of alkyl halides is 3. The number of hydrogen-bond donors (Lipinski definition) is 2. The van der Waals surface area contributed by atoms with E-state index in [-0.39, 0.29) is 43.9 Å². The third-order valence-corrected chi connectivity index (χ3v) is 2.38. The Balaban J connectivity index is 0.00000400. The van der Waals surface area contributed by atoms with E-state index in [0.717, 1.165) is 12.1 Å². The van der Waals surface area contributed by atoms with Crippen molar-refractivity contribution in [1.29, 1.82) is 0 Å². The molecule has 0 saturated heterocycles. The molecule has 0 aliphatic heterocycles. The van der Waals surface area contributed by atoms with Gasteiger partial charge in [-0.1, -0.05) is 0 Å². The van der Waals surface area contributed by atoms with Crippen LogP contribution in [-0.2, 0) is 11.0 Å². The van der Waals surface area contributed by atoms with Crippen LogP contribution in [0.1, 0.15) is 18.9 Å². The summed E-state index contributed by atoms with van der Waals surface area (Å²) in [5.74, 6) is 0.135. The van der Waals surface area contributed by atoms with E-state index in [4.69, 9.17) is 10.5 Å². The second kappa shape index (κ2) is 8.74. The van der Waals surface area contributed by atoms with Crippen LogP contribution in [0.4, 0.5) is 13.2 Å². The average molecular weight is 327 g/mol. The Morgan fingerprint density at radius 1 is 1.33 bits per heavy atom. The molecule has 1 amide bonds. The molecular formula is C13H18ClF3N2O2. The second-order valence-corrected chi connectivity index (χ2v) is 4.40. The van der Waals surface area contributed by atoms with Gasteiger partial charge in [-0.2, -0.15) is 13.2 Å². The molecule has 0 aliphatic rings. The molecule has 0 aromatic heterocycles. The van der Waals surface area contributed by atoms with E-state index >= 15 is 0 Å². The molecule has 1 atom stereocenters. The maximum Gasteiger partial charge on any atom is 0.416 e. The highest BCUT2D eigenvalue weighted by Crippen LogP contribution is 2.30. The van der Waals surface area contributed by atoms with Gasteiger partial charge in [-0.15, -0.1) is 12.4 Å². The summed E-state index contributed by atoms with van der Waals surface area (Å²) in [6.07, 6.45) is -4.13. The first-order valence-corrected chi connectivity index (χ1v) is 6.11. The third kappa shape index (κ3) is 7.77. The molecule has 4 nitrogen and oxygen atoms in total. The standard InChI is InChI=1S/C13H17F3N2O2.ClH/c1-9(17)8-12(19)18-6-7-20-11-4-2-10(3-5-11)13(14,15)16;/h2-5,9H,6-8,17H2,1H3,(H,18,19);1H. The minimum atomic E-state index is -4.36. The number of rotatable bonds is 6. The molecule has 0 radical (unpaired) electrons. The lowest BCUT2D eigenvalue weighted by molar-refractivity contribution is -0.137. The lowest BCUT2D eigenvalue weighted by Crippen LogP contribution is -2.32. The number of carbonyl (C=O) groups excluding carboxylic acids is 1. The van der Waals surface area contributed by atoms with E-state index in [1.165, 1.54) is 12.1 Å². The van der Waals surface area contributed by atoms with Crippen LogP contribution in [0.3, 0.4) is 0 Å². The van der Waals surface area contributed by atoms with Crippen LogP contribution in [-0.4, -0.2) is 25.1 Å². The van der Waals surface area contributed by atoms with Gasteiger partial charge in [-0.25, -0.2) is 0 Å². The number of halogens is 4. The van der Waals surface area contributed by atoms with E-state index in [0.29, 0.717) is 5.75 Å². The van der Waals surface area contributed by atoms with Crippen LogP contribution in [0, 0.1) is 0 Å². The van der Waals surface area contributed by atoms with E-state index in [2.05, 4.69) is 5.32 Å². The van der Waals surface area contributed by atoms with Crippen molar-refractivity contribution in [3.05, 3.63) is 29.8 Å². The van der Waals surface area contributed by atoms with E-state index < -0.39 is 11.7 Å². The Morgan fingerprint density at radius 3 is 2.38 bits per heavy atom. The fraction of sp³-hybridized carbons (Fsp3) is 0.462. The summed E-state index contributed by atoms with van der Waals surface area (Å²) < 4.78 is 42.2. The Morgan fingerprint density at radius 2 is 1.90 bits per heavy atom. The Labute approximate surface area is 127 Å². The van der Waals surface area contributed by atoms with Gasteiger partial charge >= 0.3 is 6.18 Å². The number of ether oxygens (including phenoxy) is 1. The van der Waals surface area contributed by atoms with Crippen molar-refractivity contribution in [3.63, 3.8) is 0 Å². The van der Waals surface area contributed by atoms with Gasteiger partial charge in [0.15, 0.2) is 0 Å². The predicted octanol–water partition coefficient (Wildman–Crippen LogP) is 2.36. The smallest absolute Gasteiger partial charge is 0.416 e. The zero-order valence-electron chi connectivity index (χ0n) is 11.4. The predicted molar refractivity (Wildman–Crippen MR) is 75.5 cm³/mol. The third-order valence-electron chi connectivity index (χ3n) is 2.38. The molecule has 1 rings (SSSR count). The van der Waals surface area contributed by atoms with E-state index in [1.54, 1.807) is 6.92 Å². The summed E-state index contributed by atoms with van der Waals surface area (Å²) in [6, 6.07) is 4.17. The molecule has 0 heterocycles. The number of amides is 1. The Bertz CT molecular complexity index is 436. The quantitative estimate of drug-likeness (QED) is 0.789. The van der Waals surface area contributed by atoms with Crippen LogP contribution in [0.2, 0.25) is 0 Å². The summed E-state index contributed by atoms with van der Waals surface area (Å²) in [5.41, 5.74) is 4.73. The van der Waals surface area contributed by atoms with Gasteiger partial charge in [0, 0.05) is 12.5 Å². The average Bonchev–Trinajstić information content (AvgIpc) is 2.33. The molecule has 3 N–H and O–H groups in total. The SMILES string of the molecule is CC(N)CC(=O)NCCOc1ccc(C(F)(F)F)cc1.Cl. The maximum atomic E-state index is 12.3. The van der Waals surface area contributed by atoms with Crippen LogP contribution in [0.5, 0.6) is 5.75 Å². The van der Waals surface area contributed by atoms with Crippen molar-refractivity contribution in [3.8, 4) is 5.75 Å². The summed E-state index contributed by atoms with van der Waals surface area (Å²) in [4.78, 5) is 11.2. The lowest BCUT2D eigenvalue weighted by Gasteiger charge is -2.10. The van der Waals surface area contributed by atoms with Gasteiger partial charge in [0.1, 0.15) is 12.4 Å². The number of nitrogens with two attached hydrogens (primary N) is 1. The van der Waals surface area contributed by atoms with Gasteiger partial charge in [0.2, 0.25) is 5.91 Å². The van der Waals surface area contributed by atoms with Gasteiger partial charge < -0.3 is 15.8 Å². The summed E-state index contributed by atoms with van der Waals surface area (Å²) in [7, 11) is 0. The minimum absolute atomic E-state index is 0. The molecule has 8 heteroatoms. The number of nitrogens with one attached hydrogen (secondary N) is 1. The highest BCUT2D eigenvalue weighted by Gasteiger charge is 2.29. The fourth-order valence-electron chi connectivity index (χ4n) is 1.46. The zero-order chi connectivity index (χ0) is 15.2. The van der Waals surface area contributed by atoms with Crippen LogP contribution in [0.15, 0.2) is 24.3 Å². The Hall–Kier alpha value is -1.47. The molecule has 0 fully saturated rings. The molecule has 1 aromatic carbocycles. The molecule has 0 saturated carbocycles. The van der Waals surface area contributed by atoms with Gasteiger partial charge in [-0.05, 0) is 31.2 Å². The lowest BCUT2D eigenvalue weighted by atomic mass is 10.2. The van der Waals surface area contributed by atoms with E-state index in [9.17, 15) is 18.0 Å². The van der Waals surface area contributed by atoms with Crippen molar-refractivity contribution in [2.75, 3.05) is 13.2 Å². The molecule has 1 unspecified atom stereocenters. The first kappa shape index (κ1) is 19.5. The summed E-state index contributed by atoms with van der Waals surface area (Å²) in [5, 5.41) is 2.60. The molecular weight excluding hydrogens is 309 g/mol.